The predicted octanol–water partition coefficient (Wildman–Crippen LogP) is 1.46. The molecule has 5 nitrogen and oxygen atoms in total. The van der Waals surface area contributed by atoms with Gasteiger partial charge in [-0.1, -0.05) is 6.07 Å². The largest absolute Gasteiger partial charge is 0.480 e. The molecule has 1 aromatic heterocycles. The van der Waals surface area contributed by atoms with Gasteiger partial charge in [0, 0.05) is 18.1 Å². The van der Waals surface area contributed by atoms with Gasteiger partial charge in [0.2, 0.25) is 0 Å². The Bertz CT molecular complexity index is 561. The molecule has 16 heavy (non-hydrogen) atoms. The highest BCUT2D eigenvalue weighted by Gasteiger charge is 2.24. The van der Waals surface area contributed by atoms with Crippen LogP contribution in [0.3, 0.4) is 0 Å². The number of rotatable bonds is 1. The minimum Gasteiger partial charge on any atom is -0.480 e. The molecule has 1 aromatic carbocycles. The fourth-order valence-corrected chi connectivity index (χ4v) is 2.01. The summed E-state index contributed by atoms with van der Waals surface area (Å²) in [5.41, 5.74) is 2.71. The van der Waals surface area contributed by atoms with Crippen LogP contribution in [0.2, 0.25) is 0 Å². The monoisotopic (exact) mass is 217 g/mol. The Labute approximate surface area is 91.5 Å². The molecule has 1 unspecified atom stereocenters. The molecule has 0 saturated carbocycles. The number of carboxylic acid groups (broad SMARTS) is 1. The number of fused-ring (bicyclic) bond motifs is 3. The van der Waals surface area contributed by atoms with Crippen molar-refractivity contribution in [2.45, 2.75) is 6.04 Å². The number of carboxylic acids is 1. The van der Waals surface area contributed by atoms with Crippen molar-refractivity contribution in [2.75, 3.05) is 17.2 Å². The Hall–Kier alpha value is -2.17. The van der Waals surface area contributed by atoms with Crippen LogP contribution in [0.1, 0.15) is 0 Å². The zero-order valence-electron chi connectivity index (χ0n) is 8.45. The standard InChI is InChI=1S/C11H11N3O2/c15-11(16)8-5-13-7-2-1-6-3-4-12-9(6)10(7)14-8/h1-4,8,12-14H,5H2,(H,15,16). The summed E-state index contributed by atoms with van der Waals surface area (Å²) in [6.07, 6.45) is 1.84. The molecule has 0 amide bonds. The summed E-state index contributed by atoms with van der Waals surface area (Å²) in [5, 5.41) is 16.2. The first-order chi connectivity index (χ1) is 7.75. The number of aromatic amines is 1. The van der Waals surface area contributed by atoms with Gasteiger partial charge in [0.15, 0.2) is 0 Å². The summed E-state index contributed by atoms with van der Waals surface area (Å²) in [7, 11) is 0. The fraction of sp³-hybridized carbons (Fsp3) is 0.182. The Morgan fingerprint density at radius 2 is 2.25 bits per heavy atom. The van der Waals surface area contributed by atoms with Crippen LogP contribution in [0, 0.1) is 0 Å². The molecule has 0 aliphatic carbocycles. The van der Waals surface area contributed by atoms with Crippen molar-refractivity contribution in [1.82, 2.24) is 4.98 Å². The first kappa shape index (κ1) is 9.08. The molecule has 2 aromatic rings. The number of carbonyl (C=O) groups is 1. The van der Waals surface area contributed by atoms with Gasteiger partial charge in [-0.05, 0) is 12.1 Å². The van der Waals surface area contributed by atoms with E-state index in [1.807, 2.05) is 24.4 Å². The van der Waals surface area contributed by atoms with Crippen LogP contribution >= 0.6 is 0 Å². The van der Waals surface area contributed by atoms with Crippen molar-refractivity contribution in [3.8, 4) is 0 Å². The normalized spacial score (nSPS) is 18.6. The highest BCUT2D eigenvalue weighted by atomic mass is 16.4. The topological polar surface area (TPSA) is 77.2 Å². The number of hydrogen-bond donors (Lipinski definition) is 4. The van der Waals surface area contributed by atoms with Crippen molar-refractivity contribution in [3.63, 3.8) is 0 Å². The lowest BCUT2D eigenvalue weighted by molar-refractivity contribution is -0.137. The van der Waals surface area contributed by atoms with E-state index in [4.69, 9.17) is 5.11 Å². The van der Waals surface area contributed by atoms with E-state index in [0.717, 1.165) is 22.3 Å². The molecule has 0 radical (unpaired) electrons. The molecule has 1 aliphatic heterocycles. The average molecular weight is 217 g/mol. The number of benzene rings is 1. The first-order valence-electron chi connectivity index (χ1n) is 5.09. The van der Waals surface area contributed by atoms with Crippen molar-refractivity contribution < 1.29 is 9.90 Å². The number of anilines is 2. The summed E-state index contributed by atoms with van der Waals surface area (Å²) in [6.45, 7) is 0.397. The van der Waals surface area contributed by atoms with Crippen LogP contribution in [-0.4, -0.2) is 28.6 Å². The summed E-state index contributed by atoms with van der Waals surface area (Å²) in [4.78, 5) is 14.0. The molecule has 0 bridgehead atoms. The van der Waals surface area contributed by atoms with Crippen LogP contribution < -0.4 is 10.6 Å². The van der Waals surface area contributed by atoms with E-state index in [1.54, 1.807) is 0 Å². The molecule has 3 rings (SSSR count). The average Bonchev–Trinajstić information content (AvgIpc) is 2.76. The lowest BCUT2D eigenvalue weighted by Gasteiger charge is -2.26. The third kappa shape index (κ3) is 1.21. The number of hydrogen-bond acceptors (Lipinski definition) is 3. The van der Waals surface area contributed by atoms with Gasteiger partial charge in [0.05, 0.1) is 16.9 Å². The quantitative estimate of drug-likeness (QED) is 0.583. The zero-order chi connectivity index (χ0) is 11.1. The van der Waals surface area contributed by atoms with E-state index in [1.165, 1.54) is 0 Å². The van der Waals surface area contributed by atoms with Crippen molar-refractivity contribution in [1.29, 1.82) is 0 Å². The van der Waals surface area contributed by atoms with Gasteiger partial charge in [-0.3, -0.25) is 0 Å². The number of aromatic nitrogens is 1. The van der Waals surface area contributed by atoms with E-state index in [2.05, 4.69) is 15.6 Å². The van der Waals surface area contributed by atoms with E-state index in [9.17, 15) is 4.79 Å². The van der Waals surface area contributed by atoms with Gasteiger partial charge < -0.3 is 20.7 Å². The molecule has 82 valence electrons. The summed E-state index contributed by atoms with van der Waals surface area (Å²) in [5.74, 6) is -0.846. The van der Waals surface area contributed by atoms with Gasteiger partial charge in [-0.2, -0.15) is 0 Å². The molecule has 2 heterocycles. The lowest BCUT2D eigenvalue weighted by Crippen LogP contribution is -2.39. The Kier molecular flexibility index (Phi) is 1.80. The Morgan fingerprint density at radius 3 is 3.06 bits per heavy atom. The zero-order valence-corrected chi connectivity index (χ0v) is 8.45. The number of nitrogens with one attached hydrogen (secondary N) is 3. The molecular formula is C11H11N3O2. The smallest absolute Gasteiger partial charge is 0.327 e. The second kappa shape index (κ2) is 3.16. The summed E-state index contributed by atoms with van der Waals surface area (Å²) >= 11 is 0. The summed E-state index contributed by atoms with van der Waals surface area (Å²) < 4.78 is 0. The minimum atomic E-state index is -0.846. The maximum absolute atomic E-state index is 10.9. The molecule has 0 fully saturated rings. The fourth-order valence-electron chi connectivity index (χ4n) is 2.01. The van der Waals surface area contributed by atoms with Crippen molar-refractivity contribution >= 4 is 28.2 Å². The van der Waals surface area contributed by atoms with Crippen LogP contribution in [0.5, 0.6) is 0 Å². The van der Waals surface area contributed by atoms with Crippen LogP contribution in [0.4, 0.5) is 11.4 Å². The van der Waals surface area contributed by atoms with E-state index in [0.29, 0.717) is 6.54 Å². The van der Waals surface area contributed by atoms with Crippen LogP contribution in [0.15, 0.2) is 24.4 Å². The molecule has 4 N–H and O–H groups in total. The van der Waals surface area contributed by atoms with Gasteiger partial charge >= 0.3 is 5.97 Å². The van der Waals surface area contributed by atoms with Gasteiger partial charge in [0.25, 0.3) is 0 Å². The third-order valence-electron chi connectivity index (χ3n) is 2.84. The van der Waals surface area contributed by atoms with Gasteiger partial charge in [-0.15, -0.1) is 0 Å². The second-order valence-corrected chi connectivity index (χ2v) is 3.85. The van der Waals surface area contributed by atoms with Crippen LogP contribution in [0.25, 0.3) is 10.9 Å². The highest BCUT2D eigenvalue weighted by Crippen LogP contribution is 2.33. The van der Waals surface area contributed by atoms with E-state index >= 15 is 0 Å². The second-order valence-electron chi connectivity index (χ2n) is 3.85. The SMILES string of the molecule is O=C(O)C1CNc2ccc3cc[nH]c3c2N1. The molecule has 1 aliphatic rings. The lowest BCUT2D eigenvalue weighted by atomic mass is 10.1. The third-order valence-corrected chi connectivity index (χ3v) is 2.84. The Balaban J connectivity index is 2.13. The predicted molar refractivity (Wildman–Crippen MR) is 61.8 cm³/mol. The number of H-pyrrole nitrogens is 1. The number of aliphatic carboxylic acids is 1. The molecule has 0 saturated heterocycles. The molecule has 5 heteroatoms. The Morgan fingerprint density at radius 1 is 1.38 bits per heavy atom. The molecule has 1 atom stereocenters. The first-order valence-corrected chi connectivity index (χ1v) is 5.09. The maximum atomic E-state index is 10.9. The van der Waals surface area contributed by atoms with Gasteiger partial charge in [0.1, 0.15) is 6.04 Å². The van der Waals surface area contributed by atoms with Crippen LogP contribution in [-0.2, 0) is 4.79 Å². The molecule has 0 spiro atoms. The minimum absolute atomic E-state index is 0.397. The maximum Gasteiger partial charge on any atom is 0.327 e. The molecular weight excluding hydrogens is 206 g/mol. The van der Waals surface area contributed by atoms with Crippen molar-refractivity contribution in [2.24, 2.45) is 0 Å². The summed E-state index contributed by atoms with van der Waals surface area (Å²) in [6, 6.07) is 5.33. The highest BCUT2D eigenvalue weighted by molar-refractivity contribution is 6.00. The van der Waals surface area contributed by atoms with Crippen molar-refractivity contribution in [3.05, 3.63) is 24.4 Å². The van der Waals surface area contributed by atoms with Gasteiger partial charge in [-0.25, -0.2) is 4.79 Å². The van der Waals surface area contributed by atoms with E-state index < -0.39 is 12.0 Å². The van der Waals surface area contributed by atoms with E-state index in [-0.39, 0.29) is 0 Å².